The van der Waals surface area contributed by atoms with Gasteiger partial charge in [-0.15, -0.1) is 0 Å². The van der Waals surface area contributed by atoms with E-state index in [1.165, 1.54) is 55.1 Å². The van der Waals surface area contributed by atoms with Gasteiger partial charge in [0, 0.05) is 12.3 Å². The number of aromatic nitrogens is 1. The number of hydrogen-bond donors (Lipinski definition) is 0. The molecule has 0 saturated carbocycles. The topological polar surface area (TPSA) is 31.4 Å². The summed E-state index contributed by atoms with van der Waals surface area (Å²) >= 11 is 0. The minimum Gasteiger partial charge on any atom is -0.429 e. The first-order chi connectivity index (χ1) is 19.6. The average Bonchev–Trinajstić information content (AvgIpc) is 2.95. The number of rotatable bonds is 13. The Balaban J connectivity index is 1.36. The molecule has 1 heterocycles. The number of alkyl halides is 4. The van der Waals surface area contributed by atoms with Crippen LogP contribution in [0.2, 0.25) is 0 Å². The summed E-state index contributed by atoms with van der Waals surface area (Å²) in [6.45, 7) is 2.15. The molecular formula is C32H29F6NO2. The molecule has 9 heteroatoms. The third kappa shape index (κ3) is 8.02. The lowest BCUT2D eigenvalue weighted by atomic mass is 10.0. The Morgan fingerprint density at radius 3 is 1.85 bits per heavy atom. The molecular weight excluding hydrogens is 544 g/mol. The lowest BCUT2D eigenvalue weighted by Gasteiger charge is -2.19. The highest BCUT2D eigenvalue weighted by Gasteiger charge is 2.37. The van der Waals surface area contributed by atoms with Crippen molar-refractivity contribution in [2.75, 3.05) is 0 Å². The summed E-state index contributed by atoms with van der Waals surface area (Å²) in [5, 5.41) is 0. The second-order valence-electron chi connectivity index (χ2n) is 9.63. The fourth-order valence-corrected chi connectivity index (χ4v) is 4.20. The van der Waals surface area contributed by atoms with Gasteiger partial charge in [0.05, 0.1) is 5.56 Å². The van der Waals surface area contributed by atoms with Crippen molar-refractivity contribution in [1.82, 2.24) is 4.98 Å². The molecule has 1 aromatic heterocycles. The molecule has 0 spiro atoms. The van der Waals surface area contributed by atoms with E-state index in [4.69, 9.17) is 4.74 Å². The zero-order valence-electron chi connectivity index (χ0n) is 22.4. The van der Waals surface area contributed by atoms with E-state index in [9.17, 15) is 26.3 Å². The number of benzene rings is 3. The Labute approximate surface area is 234 Å². The molecule has 0 fully saturated rings. The summed E-state index contributed by atoms with van der Waals surface area (Å²) < 4.78 is 94.4. The molecule has 0 radical (unpaired) electrons. The molecule has 0 amide bonds. The van der Waals surface area contributed by atoms with Crippen molar-refractivity contribution < 1.29 is 35.8 Å². The van der Waals surface area contributed by atoms with E-state index < -0.39 is 40.9 Å². The number of ether oxygens (including phenoxy) is 2. The van der Waals surface area contributed by atoms with E-state index in [1.54, 1.807) is 6.07 Å². The summed E-state index contributed by atoms with van der Waals surface area (Å²) in [6.07, 6.45) is 0.347. The third-order valence-electron chi connectivity index (χ3n) is 6.48. The second kappa shape index (κ2) is 13.1. The van der Waals surface area contributed by atoms with Crippen LogP contribution >= 0.6 is 0 Å². The van der Waals surface area contributed by atoms with E-state index in [2.05, 4.69) is 16.6 Å². The number of aryl methyl sites for hydroxylation is 1. The fraction of sp³-hybridized carbons (Fsp3) is 0.281. The number of nitrogens with zero attached hydrogens (tertiary/aromatic N) is 1. The third-order valence-corrected chi connectivity index (χ3v) is 6.48. The molecule has 4 rings (SSSR count). The van der Waals surface area contributed by atoms with Gasteiger partial charge in [-0.1, -0.05) is 62.9 Å². The Morgan fingerprint density at radius 1 is 0.634 bits per heavy atom. The zero-order chi connectivity index (χ0) is 29.5. The number of hydrogen-bond acceptors (Lipinski definition) is 3. The van der Waals surface area contributed by atoms with Crippen LogP contribution < -0.4 is 9.47 Å². The molecule has 0 unspecified atom stereocenters. The van der Waals surface area contributed by atoms with Crippen LogP contribution in [0.5, 0.6) is 11.5 Å². The number of pyridine rings is 1. The fourth-order valence-electron chi connectivity index (χ4n) is 4.20. The second-order valence-corrected chi connectivity index (χ2v) is 9.63. The van der Waals surface area contributed by atoms with Gasteiger partial charge in [0.25, 0.3) is 0 Å². The molecule has 41 heavy (non-hydrogen) atoms. The van der Waals surface area contributed by atoms with Crippen molar-refractivity contribution in [2.24, 2.45) is 0 Å². The van der Waals surface area contributed by atoms with Crippen molar-refractivity contribution in [3.05, 3.63) is 114 Å². The van der Waals surface area contributed by atoms with Gasteiger partial charge in [-0.25, -0.2) is 8.78 Å². The van der Waals surface area contributed by atoms with Gasteiger partial charge < -0.3 is 9.47 Å². The minimum absolute atomic E-state index is 0.0939. The van der Waals surface area contributed by atoms with Crippen molar-refractivity contribution in [1.29, 1.82) is 0 Å². The van der Waals surface area contributed by atoms with Crippen molar-refractivity contribution in [3.63, 3.8) is 0 Å². The van der Waals surface area contributed by atoms with Crippen LogP contribution in [0.15, 0.2) is 85.1 Å². The van der Waals surface area contributed by atoms with E-state index in [-0.39, 0.29) is 5.75 Å². The molecule has 4 aromatic rings. The number of halogens is 6. The molecule has 3 aromatic carbocycles. The van der Waals surface area contributed by atoms with Gasteiger partial charge in [0.2, 0.25) is 0 Å². The van der Waals surface area contributed by atoms with Crippen molar-refractivity contribution >= 4 is 0 Å². The zero-order valence-corrected chi connectivity index (χ0v) is 22.4. The maximum atomic E-state index is 14.7. The summed E-state index contributed by atoms with van der Waals surface area (Å²) in [5.74, 6) is -3.12. The molecule has 3 nitrogen and oxygen atoms in total. The van der Waals surface area contributed by atoms with Crippen LogP contribution in [0, 0.1) is 11.6 Å². The predicted molar refractivity (Wildman–Crippen MR) is 144 cm³/mol. The van der Waals surface area contributed by atoms with Gasteiger partial charge >= 0.3 is 12.2 Å². The minimum atomic E-state index is -3.81. The Morgan fingerprint density at radius 2 is 1.24 bits per heavy atom. The molecule has 0 aliphatic heterocycles. The monoisotopic (exact) mass is 573 g/mol. The summed E-state index contributed by atoms with van der Waals surface area (Å²) in [4.78, 5) is 3.91. The van der Waals surface area contributed by atoms with Gasteiger partial charge in [-0.3, -0.25) is 4.98 Å². The average molecular weight is 574 g/mol. The van der Waals surface area contributed by atoms with Crippen LogP contribution in [0.3, 0.4) is 0 Å². The molecule has 0 N–H and O–H groups in total. The Hall–Kier alpha value is -4.01. The van der Waals surface area contributed by atoms with Gasteiger partial charge in [0.1, 0.15) is 11.5 Å². The molecule has 0 bridgehead atoms. The standard InChI is InChI=1S/C32H29F6NO2/c1-2-3-4-5-6-7-22-8-19-30(39-21-22)32(37,38)40-26-15-11-24(12-16-26)23-9-13-25(14-10-23)31(35,36)41-27-17-18-28(33)29(34)20-27/h8-21H,2-7H2,1H3. The first-order valence-corrected chi connectivity index (χ1v) is 13.3. The Bertz CT molecular complexity index is 1410. The van der Waals surface area contributed by atoms with E-state index >= 15 is 0 Å². The Kier molecular flexibility index (Phi) is 9.57. The quantitative estimate of drug-likeness (QED) is 0.118. The van der Waals surface area contributed by atoms with Crippen molar-refractivity contribution in [2.45, 2.75) is 57.7 Å². The highest BCUT2D eigenvalue weighted by Crippen LogP contribution is 2.35. The number of unbranched alkanes of at least 4 members (excludes halogenated alkanes) is 4. The van der Waals surface area contributed by atoms with Gasteiger partial charge in [-0.05, 0) is 72.0 Å². The smallest absolute Gasteiger partial charge is 0.429 e. The summed E-state index contributed by atoms with van der Waals surface area (Å²) in [5.41, 5.74) is 0.977. The summed E-state index contributed by atoms with van der Waals surface area (Å²) in [7, 11) is 0. The summed E-state index contributed by atoms with van der Waals surface area (Å²) in [6, 6.07) is 15.8. The van der Waals surface area contributed by atoms with Crippen LogP contribution in [0.1, 0.15) is 55.8 Å². The normalized spacial score (nSPS) is 11.9. The maximum absolute atomic E-state index is 14.7. The molecule has 0 atom stereocenters. The predicted octanol–water partition coefficient (Wildman–Crippen LogP) is 9.80. The van der Waals surface area contributed by atoms with E-state index in [0.29, 0.717) is 23.3 Å². The van der Waals surface area contributed by atoms with E-state index in [1.807, 2.05) is 0 Å². The largest absolute Gasteiger partial charge is 0.444 e. The highest BCUT2D eigenvalue weighted by molar-refractivity contribution is 5.64. The van der Waals surface area contributed by atoms with Crippen LogP contribution in [0.25, 0.3) is 11.1 Å². The van der Waals surface area contributed by atoms with Gasteiger partial charge in [-0.2, -0.15) is 17.6 Å². The molecule has 0 saturated heterocycles. The maximum Gasteiger partial charge on any atom is 0.444 e. The lowest BCUT2D eigenvalue weighted by Crippen LogP contribution is -2.23. The first kappa shape index (κ1) is 30.0. The molecule has 216 valence electrons. The molecule has 0 aliphatic rings. The lowest BCUT2D eigenvalue weighted by molar-refractivity contribution is -0.188. The molecule has 0 aliphatic carbocycles. The highest BCUT2D eigenvalue weighted by atomic mass is 19.3. The first-order valence-electron chi connectivity index (χ1n) is 13.3. The van der Waals surface area contributed by atoms with Crippen molar-refractivity contribution in [3.8, 4) is 22.6 Å². The van der Waals surface area contributed by atoms with Crippen LogP contribution in [-0.4, -0.2) is 4.98 Å². The van der Waals surface area contributed by atoms with Crippen LogP contribution in [-0.2, 0) is 18.6 Å². The van der Waals surface area contributed by atoms with Gasteiger partial charge in [0.15, 0.2) is 17.3 Å². The van der Waals surface area contributed by atoms with E-state index in [0.717, 1.165) is 55.9 Å². The van der Waals surface area contributed by atoms with Crippen LogP contribution in [0.4, 0.5) is 26.3 Å². The SMILES string of the molecule is CCCCCCCc1ccc(C(F)(F)Oc2ccc(-c3ccc(C(F)(F)Oc4ccc(F)c(F)c4)cc3)cc2)nc1.